The van der Waals surface area contributed by atoms with Gasteiger partial charge in [0.2, 0.25) is 0 Å². The van der Waals surface area contributed by atoms with Gasteiger partial charge in [0.15, 0.2) is 0 Å². The van der Waals surface area contributed by atoms with E-state index in [1.165, 1.54) is 6.07 Å². The number of hydrogen-bond donors (Lipinski definition) is 2. The maximum atomic E-state index is 13.2. The lowest BCUT2D eigenvalue weighted by Crippen LogP contribution is -2.28. The monoisotopic (exact) mass is 328 g/mol. The summed E-state index contributed by atoms with van der Waals surface area (Å²) in [7, 11) is 0. The van der Waals surface area contributed by atoms with Gasteiger partial charge in [-0.2, -0.15) is 0 Å². The summed E-state index contributed by atoms with van der Waals surface area (Å²) in [6, 6.07) is 11.9. The van der Waals surface area contributed by atoms with E-state index in [2.05, 4.69) is 21.4 Å². The predicted octanol–water partition coefficient (Wildman–Crippen LogP) is 3.79. The molecule has 2 nitrogen and oxygen atoms in total. The van der Waals surface area contributed by atoms with E-state index in [4.69, 9.17) is 17.4 Å². The van der Waals surface area contributed by atoms with Crippen LogP contribution in [0, 0.1) is 5.82 Å². The Labute approximate surface area is 118 Å². The maximum absolute atomic E-state index is 13.2. The van der Waals surface area contributed by atoms with Crippen molar-refractivity contribution in [1.82, 2.24) is 5.43 Å². The summed E-state index contributed by atoms with van der Waals surface area (Å²) in [4.78, 5) is 0. The first-order valence-electron chi connectivity index (χ1n) is 5.28. The Kier molecular flexibility index (Phi) is 4.35. The summed E-state index contributed by atoms with van der Waals surface area (Å²) in [5, 5.41) is 0.662. The third-order valence-electron chi connectivity index (χ3n) is 2.65. The van der Waals surface area contributed by atoms with Crippen LogP contribution in [0.25, 0.3) is 0 Å². The van der Waals surface area contributed by atoms with Crippen LogP contribution in [0.3, 0.4) is 0 Å². The normalized spacial score (nSPS) is 12.4. The number of rotatable bonds is 3. The molecule has 2 aromatic rings. The average Bonchev–Trinajstić information content (AvgIpc) is 2.37. The number of hydrogen-bond acceptors (Lipinski definition) is 2. The van der Waals surface area contributed by atoms with Crippen molar-refractivity contribution >= 4 is 27.5 Å². The second-order valence-electron chi connectivity index (χ2n) is 3.82. The van der Waals surface area contributed by atoms with Crippen molar-refractivity contribution in [2.45, 2.75) is 6.04 Å². The fraction of sp³-hybridized carbons (Fsp3) is 0.0769. The zero-order valence-electron chi connectivity index (χ0n) is 9.33. The molecular weight excluding hydrogens is 319 g/mol. The van der Waals surface area contributed by atoms with Crippen molar-refractivity contribution in [1.29, 1.82) is 0 Å². The summed E-state index contributed by atoms with van der Waals surface area (Å²) in [6.45, 7) is 0. The summed E-state index contributed by atoms with van der Waals surface area (Å²) in [5.41, 5.74) is 4.54. The Balaban J connectivity index is 2.38. The van der Waals surface area contributed by atoms with Crippen LogP contribution in [-0.4, -0.2) is 0 Å². The first-order chi connectivity index (χ1) is 8.61. The van der Waals surface area contributed by atoms with Crippen LogP contribution in [0.4, 0.5) is 4.39 Å². The fourth-order valence-corrected chi connectivity index (χ4v) is 2.25. The third kappa shape index (κ3) is 2.90. The van der Waals surface area contributed by atoms with Gasteiger partial charge < -0.3 is 0 Å². The van der Waals surface area contributed by atoms with Gasteiger partial charge in [-0.15, -0.1) is 0 Å². The Morgan fingerprint density at radius 2 is 1.72 bits per heavy atom. The highest BCUT2D eigenvalue weighted by atomic mass is 79.9. The van der Waals surface area contributed by atoms with Gasteiger partial charge in [0.05, 0.1) is 10.5 Å². The molecule has 0 spiro atoms. The van der Waals surface area contributed by atoms with E-state index in [1.807, 2.05) is 12.1 Å². The minimum absolute atomic E-state index is 0.209. The fourth-order valence-electron chi connectivity index (χ4n) is 1.73. The minimum atomic E-state index is -0.300. The van der Waals surface area contributed by atoms with E-state index >= 15 is 0 Å². The van der Waals surface area contributed by atoms with Gasteiger partial charge >= 0.3 is 0 Å². The third-order valence-corrected chi connectivity index (χ3v) is 3.51. The molecule has 5 heteroatoms. The van der Waals surface area contributed by atoms with Crippen LogP contribution < -0.4 is 11.3 Å². The quantitative estimate of drug-likeness (QED) is 0.664. The molecule has 0 aliphatic rings. The molecule has 0 aromatic heterocycles. The average molecular weight is 330 g/mol. The van der Waals surface area contributed by atoms with Crippen LogP contribution in [0.1, 0.15) is 17.2 Å². The smallest absolute Gasteiger partial charge is 0.137 e. The standard InChI is InChI=1S/C13H11BrClFN2/c14-11-7-9(3-6-12(11)16)13(18-17)8-1-4-10(15)5-2-8/h1-7,13,18H,17H2. The minimum Gasteiger partial charge on any atom is -0.271 e. The lowest BCUT2D eigenvalue weighted by molar-refractivity contribution is 0.610. The molecule has 0 amide bonds. The molecule has 0 aliphatic carbocycles. The molecular formula is C13H11BrClFN2. The van der Waals surface area contributed by atoms with Gasteiger partial charge in [-0.25, -0.2) is 9.82 Å². The van der Waals surface area contributed by atoms with Gasteiger partial charge in [0.25, 0.3) is 0 Å². The van der Waals surface area contributed by atoms with Crippen LogP contribution in [0.2, 0.25) is 5.02 Å². The Morgan fingerprint density at radius 3 is 2.28 bits per heavy atom. The Bertz CT molecular complexity index is 545. The molecule has 3 N–H and O–H groups in total. The second kappa shape index (κ2) is 5.80. The van der Waals surface area contributed by atoms with Crippen molar-refractivity contribution in [2.75, 3.05) is 0 Å². The zero-order chi connectivity index (χ0) is 13.1. The molecule has 94 valence electrons. The van der Waals surface area contributed by atoms with Crippen molar-refractivity contribution < 1.29 is 4.39 Å². The highest BCUT2D eigenvalue weighted by Crippen LogP contribution is 2.26. The molecule has 0 saturated carbocycles. The predicted molar refractivity (Wildman–Crippen MR) is 74.7 cm³/mol. The van der Waals surface area contributed by atoms with E-state index < -0.39 is 0 Å². The highest BCUT2D eigenvalue weighted by molar-refractivity contribution is 9.10. The van der Waals surface area contributed by atoms with E-state index in [1.54, 1.807) is 24.3 Å². The van der Waals surface area contributed by atoms with Gasteiger partial charge in [-0.05, 0) is 51.3 Å². The van der Waals surface area contributed by atoms with Gasteiger partial charge in [0.1, 0.15) is 5.82 Å². The van der Waals surface area contributed by atoms with Crippen LogP contribution in [0.5, 0.6) is 0 Å². The number of benzene rings is 2. The first-order valence-corrected chi connectivity index (χ1v) is 6.45. The molecule has 0 bridgehead atoms. The number of halogens is 3. The maximum Gasteiger partial charge on any atom is 0.137 e. The Morgan fingerprint density at radius 1 is 1.11 bits per heavy atom. The zero-order valence-corrected chi connectivity index (χ0v) is 11.7. The lowest BCUT2D eigenvalue weighted by Gasteiger charge is -2.17. The van der Waals surface area contributed by atoms with Gasteiger partial charge in [-0.3, -0.25) is 5.84 Å². The molecule has 0 radical (unpaired) electrons. The van der Waals surface area contributed by atoms with Crippen LogP contribution in [0.15, 0.2) is 46.9 Å². The SMILES string of the molecule is NNC(c1ccc(Cl)cc1)c1ccc(F)c(Br)c1. The van der Waals surface area contributed by atoms with Crippen molar-refractivity contribution in [3.8, 4) is 0 Å². The largest absolute Gasteiger partial charge is 0.271 e. The molecule has 2 aromatic carbocycles. The van der Waals surface area contributed by atoms with Crippen molar-refractivity contribution in [2.24, 2.45) is 5.84 Å². The molecule has 0 heterocycles. The molecule has 0 saturated heterocycles. The second-order valence-corrected chi connectivity index (χ2v) is 5.12. The van der Waals surface area contributed by atoms with Crippen molar-refractivity contribution in [3.63, 3.8) is 0 Å². The molecule has 1 atom stereocenters. The van der Waals surface area contributed by atoms with Gasteiger partial charge in [-0.1, -0.05) is 29.8 Å². The lowest BCUT2D eigenvalue weighted by atomic mass is 9.99. The molecule has 0 fully saturated rings. The van der Waals surface area contributed by atoms with Crippen molar-refractivity contribution in [3.05, 3.63) is 68.9 Å². The summed E-state index contributed by atoms with van der Waals surface area (Å²) < 4.78 is 13.6. The Hall–Kier alpha value is -0.940. The topological polar surface area (TPSA) is 38.0 Å². The summed E-state index contributed by atoms with van der Waals surface area (Å²) in [6.07, 6.45) is 0. The number of nitrogens with two attached hydrogens (primary N) is 1. The molecule has 0 aliphatic heterocycles. The summed E-state index contributed by atoms with van der Waals surface area (Å²) in [5.74, 6) is 5.27. The van der Waals surface area contributed by atoms with Crippen LogP contribution >= 0.6 is 27.5 Å². The van der Waals surface area contributed by atoms with Gasteiger partial charge in [0, 0.05) is 5.02 Å². The summed E-state index contributed by atoms with van der Waals surface area (Å²) >= 11 is 9.01. The van der Waals surface area contributed by atoms with E-state index in [0.29, 0.717) is 9.50 Å². The van der Waals surface area contributed by atoms with E-state index in [0.717, 1.165) is 11.1 Å². The first kappa shape index (κ1) is 13.5. The van der Waals surface area contributed by atoms with E-state index in [9.17, 15) is 4.39 Å². The number of nitrogens with one attached hydrogen (secondary N) is 1. The van der Waals surface area contributed by atoms with Crippen LogP contribution in [-0.2, 0) is 0 Å². The van der Waals surface area contributed by atoms with E-state index in [-0.39, 0.29) is 11.9 Å². The molecule has 1 unspecified atom stereocenters. The highest BCUT2D eigenvalue weighted by Gasteiger charge is 2.13. The molecule has 18 heavy (non-hydrogen) atoms. The molecule has 2 rings (SSSR count). The number of hydrazine groups is 1.